The number of fused-ring (bicyclic) bond motifs is 1. The molecule has 0 N–H and O–H groups in total. The van der Waals surface area contributed by atoms with Crippen molar-refractivity contribution in [1.82, 2.24) is 0 Å². The summed E-state index contributed by atoms with van der Waals surface area (Å²) in [6, 6.07) is 10.5. The van der Waals surface area contributed by atoms with Crippen LogP contribution in [0.15, 0.2) is 42.5 Å². The van der Waals surface area contributed by atoms with Crippen LogP contribution >= 0.6 is 0 Å². The molecule has 2 amide bonds. The Hall–Kier alpha value is -2.76. The Kier molecular flexibility index (Phi) is 4.53. The molecule has 0 saturated heterocycles. The Morgan fingerprint density at radius 2 is 1.92 bits per heavy atom. The minimum Gasteiger partial charge on any atom is -0.307 e. The third kappa shape index (κ3) is 3.24. The van der Waals surface area contributed by atoms with Gasteiger partial charge in [-0.3, -0.25) is 9.59 Å². The van der Waals surface area contributed by atoms with Gasteiger partial charge in [0.05, 0.1) is 5.69 Å². The number of carbonyl (C=O) groups excluding carboxylic acids is 2. The molecule has 0 spiro atoms. The number of carbonyl (C=O) groups is 2. The average molecular weight is 344 g/mol. The molecule has 0 bridgehead atoms. The minimum absolute atomic E-state index is 0.0447. The summed E-state index contributed by atoms with van der Waals surface area (Å²) in [5.74, 6) is -2.41. The quantitative estimate of drug-likeness (QED) is 0.857. The molecule has 2 aromatic carbocycles. The normalized spacial score (nSPS) is 15.8. The van der Waals surface area contributed by atoms with Crippen molar-refractivity contribution < 1.29 is 18.4 Å². The van der Waals surface area contributed by atoms with Crippen LogP contribution in [-0.4, -0.2) is 24.4 Å². The standard InChI is InChI=1S/C19H18F2N2O2/c1-12-9-14-5-3-4-6-17(14)23(12)19(25)11-22(13(2)24)18-8-7-15(20)10-16(18)21/h3-8,10,12H,9,11H2,1-2H3. The Morgan fingerprint density at radius 1 is 1.20 bits per heavy atom. The fraction of sp³-hybridized carbons (Fsp3) is 0.263. The first kappa shape index (κ1) is 17.1. The van der Waals surface area contributed by atoms with Gasteiger partial charge in [-0.1, -0.05) is 18.2 Å². The largest absolute Gasteiger partial charge is 0.307 e. The third-order valence-electron chi connectivity index (χ3n) is 4.35. The molecule has 0 aromatic heterocycles. The number of para-hydroxylation sites is 1. The summed E-state index contributed by atoms with van der Waals surface area (Å²) in [7, 11) is 0. The molecule has 3 rings (SSSR count). The molecule has 1 aliphatic heterocycles. The van der Waals surface area contributed by atoms with Crippen LogP contribution in [0.1, 0.15) is 19.4 Å². The second-order valence-corrected chi connectivity index (χ2v) is 6.15. The number of hydrogen-bond acceptors (Lipinski definition) is 2. The van der Waals surface area contributed by atoms with Crippen LogP contribution in [0.2, 0.25) is 0 Å². The van der Waals surface area contributed by atoms with Gasteiger partial charge in [0.1, 0.15) is 18.2 Å². The van der Waals surface area contributed by atoms with Crippen molar-refractivity contribution in [2.24, 2.45) is 0 Å². The van der Waals surface area contributed by atoms with E-state index < -0.39 is 17.5 Å². The number of benzene rings is 2. The minimum atomic E-state index is -0.877. The molecule has 0 saturated carbocycles. The molecule has 0 radical (unpaired) electrons. The number of hydrogen-bond donors (Lipinski definition) is 0. The fourth-order valence-corrected chi connectivity index (χ4v) is 3.22. The Balaban J connectivity index is 1.88. The van der Waals surface area contributed by atoms with E-state index in [4.69, 9.17) is 0 Å². The average Bonchev–Trinajstić information content (AvgIpc) is 2.88. The van der Waals surface area contributed by atoms with E-state index >= 15 is 0 Å². The van der Waals surface area contributed by atoms with Crippen LogP contribution in [0.25, 0.3) is 0 Å². The summed E-state index contributed by atoms with van der Waals surface area (Å²) < 4.78 is 27.2. The van der Waals surface area contributed by atoms with E-state index in [1.54, 1.807) is 4.90 Å². The van der Waals surface area contributed by atoms with Crippen molar-refractivity contribution in [2.45, 2.75) is 26.3 Å². The van der Waals surface area contributed by atoms with Crippen molar-refractivity contribution in [3.63, 3.8) is 0 Å². The second kappa shape index (κ2) is 6.63. The molecular weight excluding hydrogens is 326 g/mol. The lowest BCUT2D eigenvalue weighted by Crippen LogP contribution is -2.45. The molecule has 0 fully saturated rings. The van der Waals surface area contributed by atoms with Crippen LogP contribution in [0.5, 0.6) is 0 Å². The molecule has 0 aliphatic carbocycles. The predicted molar refractivity (Wildman–Crippen MR) is 91.5 cm³/mol. The highest BCUT2D eigenvalue weighted by Crippen LogP contribution is 2.32. The molecule has 130 valence electrons. The maximum atomic E-state index is 14.0. The Labute approximate surface area is 144 Å². The molecule has 25 heavy (non-hydrogen) atoms. The smallest absolute Gasteiger partial charge is 0.247 e. The van der Waals surface area contributed by atoms with Crippen molar-refractivity contribution in [3.05, 3.63) is 59.7 Å². The van der Waals surface area contributed by atoms with E-state index in [0.717, 1.165) is 28.6 Å². The van der Waals surface area contributed by atoms with Crippen molar-refractivity contribution in [2.75, 3.05) is 16.3 Å². The molecule has 1 aliphatic rings. The number of halogens is 2. The van der Waals surface area contributed by atoms with E-state index in [0.29, 0.717) is 6.07 Å². The van der Waals surface area contributed by atoms with Gasteiger partial charge in [0.15, 0.2) is 0 Å². The van der Waals surface area contributed by atoms with Gasteiger partial charge in [0.2, 0.25) is 11.8 Å². The third-order valence-corrected chi connectivity index (χ3v) is 4.35. The van der Waals surface area contributed by atoms with Crippen molar-refractivity contribution in [3.8, 4) is 0 Å². The first-order valence-corrected chi connectivity index (χ1v) is 8.01. The van der Waals surface area contributed by atoms with Gasteiger partial charge >= 0.3 is 0 Å². The lowest BCUT2D eigenvalue weighted by molar-refractivity contribution is -0.121. The molecule has 4 nitrogen and oxygen atoms in total. The SMILES string of the molecule is CC(=O)N(CC(=O)N1c2ccccc2CC1C)c1ccc(F)cc1F. The van der Waals surface area contributed by atoms with Gasteiger partial charge < -0.3 is 9.80 Å². The zero-order chi connectivity index (χ0) is 18.1. The summed E-state index contributed by atoms with van der Waals surface area (Å²) in [6.07, 6.45) is 0.729. The van der Waals surface area contributed by atoms with Gasteiger partial charge in [0, 0.05) is 24.7 Å². The Morgan fingerprint density at radius 3 is 2.60 bits per heavy atom. The number of anilines is 2. The topological polar surface area (TPSA) is 40.6 Å². The highest BCUT2D eigenvalue weighted by molar-refractivity contribution is 6.04. The summed E-state index contributed by atoms with van der Waals surface area (Å²) in [6.45, 7) is 2.86. The summed E-state index contributed by atoms with van der Waals surface area (Å²) in [5.41, 5.74) is 1.76. The maximum absolute atomic E-state index is 14.0. The first-order chi connectivity index (χ1) is 11.9. The lowest BCUT2D eigenvalue weighted by Gasteiger charge is -2.27. The lowest BCUT2D eigenvalue weighted by atomic mass is 10.1. The van der Waals surface area contributed by atoms with Gasteiger partial charge in [-0.15, -0.1) is 0 Å². The van der Waals surface area contributed by atoms with Crippen LogP contribution < -0.4 is 9.80 Å². The zero-order valence-electron chi connectivity index (χ0n) is 14.0. The number of nitrogens with zero attached hydrogens (tertiary/aromatic N) is 2. The highest BCUT2D eigenvalue weighted by atomic mass is 19.1. The van der Waals surface area contributed by atoms with E-state index in [1.807, 2.05) is 31.2 Å². The Bertz CT molecular complexity index is 838. The van der Waals surface area contributed by atoms with Gasteiger partial charge in [0.25, 0.3) is 0 Å². The van der Waals surface area contributed by atoms with Crippen LogP contribution in [-0.2, 0) is 16.0 Å². The van der Waals surface area contributed by atoms with Crippen LogP contribution in [0, 0.1) is 11.6 Å². The van der Waals surface area contributed by atoms with Crippen LogP contribution in [0.3, 0.4) is 0 Å². The summed E-state index contributed by atoms with van der Waals surface area (Å²) in [4.78, 5) is 27.4. The van der Waals surface area contributed by atoms with E-state index in [9.17, 15) is 18.4 Å². The van der Waals surface area contributed by atoms with Gasteiger partial charge in [-0.05, 0) is 37.1 Å². The van der Waals surface area contributed by atoms with Crippen molar-refractivity contribution in [1.29, 1.82) is 0 Å². The van der Waals surface area contributed by atoms with E-state index in [1.165, 1.54) is 13.0 Å². The van der Waals surface area contributed by atoms with Gasteiger partial charge in [-0.2, -0.15) is 0 Å². The van der Waals surface area contributed by atoms with E-state index in [-0.39, 0.29) is 24.2 Å². The molecule has 6 heteroatoms. The highest BCUT2D eigenvalue weighted by Gasteiger charge is 2.32. The fourth-order valence-electron chi connectivity index (χ4n) is 3.22. The maximum Gasteiger partial charge on any atom is 0.247 e. The second-order valence-electron chi connectivity index (χ2n) is 6.15. The molecule has 1 atom stereocenters. The molecule has 1 heterocycles. The predicted octanol–water partition coefficient (Wildman–Crippen LogP) is 3.30. The molecule has 1 unspecified atom stereocenters. The molecule has 2 aromatic rings. The van der Waals surface area contributed by atoms with Crippen molar-refractivity contribution >= 4 is 23.2 Å². The first-order valence-electron chi connectivity index (χ1n) is 8.01. The monoisotopic (exact) mass is 344 g/mol. The number of amides is 2. The van der Waals surface area contributed by atoms with Gasteiger partial charge in [-0.25, -0.2) is 8.78 Å². The number of rotatable bonds is 3. The summed E-state index contributed by atoms with van der Waals surface area (Å²) in [5, 5.41) is 0. The summed E-state index contributed by atoms with van der Waals surface area (Å²) >= 11 is 0. The van der Waals surface area contributed by atoms with Crippen LogP contribution in [0.4, 0.5) is 20.2 Å². The van der Waals surface area contributed by atoms with E-state index in [2.05, 4.69) is 0 Å². The molecular formula is C19H18F2N2O2. The zero-order valence-corrected chi connectivity index (χ0v) is 14.0.